The second-order valence-electron chi connectivity index (χ2n) is 3.32. The zero-order valence-electron chi connectivity index (χ0n) is 9.37. The van der Waals surface area contributed by atoms with Gasteiger partial charge in [-0.2, -0.15) is 0 Å². The second kappa shape index (κ2) is 7.87. The van der Waals surface area contributed by atoms with Crippen LogP contribution in [0.1, 0.15) is 40.5 Å². The molecule has 0 aliphatic heterocycles. The smallest absolute Gasteiger partial charge is 0.545 e. The molecule has 1 aromatic carbocycles. The Morgan fingerprint density at radius 3 is 2.35 bits per heavy atom. The van der Waals surface area contributed by atoms with Crippen LogP contribution in [0.3, 0.4) is 0 Å². The summed E-state index contributed by atoms with van der Waals surface area (Å²) in [6.07, 6.45) is 1.68. The Labute approximate surface area is 110 Å². The van der Waals surface area contributed by atoms with Crippen molar-refractivity contribution in [2.24, 2.45) is 0 Å². The molecule has 0 saturated carbocycles. The molecule has 0 aromatic heterocycles. The van der Waals surface area contributed by atoms with E-state index in [0.29, 0.717) is 6.61 Å². The largest absolute Gasteiger partial charge is 1.00 e. The van der Waals surface area contributed by atoms with Gasteiger partial charge in [-0.15, -0.1) is 0 Å². The predicted molar refractivity (Wildman–Crippen MR) is 56.0 cm³/mol. The Morgan fingerprint density at radius 2 is 1.82 bits per heavy atom. The zero-order valence-corrected chi connectivity index (χ0v) is 10.3. The molecular weight excluding hydrogens is 272 g/mol. The average Bonchev–Trinajstić information content (AvgIpc) is 2.29. The maximum atomic E-state index is 11.5. The number of esters is 1. The van der Waals surface area contributed by atoms with Gasteiger partial charge in [0.15, 0.2) is 0 Å². The van der Waals surface area contributed by atoms with Gasteiger partial charge < -0.3 is 14.6 Å². The van der Waals surface area contributed by atoms with Crippen molar-refractivity contribution in [3.8, 4) is 0 Å². The monoisotopic (exact) mass is 284 g/mol. The van der Waals surface area contributed by atoms with Crippen molar-refractivity contribution < 1.29 is 36.5 Å². The molecule has 0 bridgehead atoms. The summed E-state index contributed by atoms with van der Waals surface area (Å²) in [7, 11) is 0. The van der Waals surface area contributed by atoms with Crippen LogP contribution in [0, 0.1) is 0 Å². The van der Waals surface area contributed by atoms with Gasteiger partial charge in [-0.1, -0.05) is 31.5 Å². The Bertz CT molecular complexity index is 390. The molecule has 17 heavy (non-hydrogen) atoms. The van der Waals surface area contributed by atoms with Gasteiger partial charge in [0.05, 0.1) is 18.1 Å². The number of hydrogen-bond donors (Lipinski definition) is 0. The maximum Gasteiger partial charge on any atom is 1.00 e. The van der Waals surface area contributed by atoms with Crippen molar-refractivity contribution in [3.05, 3.63) is 35.4 Å². The number of unbranched alkanes of at least 4 members (excludes halogenated alkanes) is 1. The number of carbonyl (C=O) groups is 2. The van der Waals surface area contributed by atoms with Crippen LogP contribution in [0.4, 0.5) is 0 Å². The molecule has 1 rings (SSSR count). The Morgan fingerprint density at radius 1 is 1.24 bits per heavy atom. The van der Waals surface area contributed by atoms with Gasteiger partial charge in [0, 0.05) is 5.56 Å². The van der Waals surface area contributed by atoms with Crippen LogP contribution < -0.4 is 5.11 Å². The van der Waals surface area contributed by atoms with E-state index >= 15 is 0 Å². The van der Waals surface area contributed by atoms with Crippen molar-refractivity contribution >= 4 is 11.9 Å². The molecule has 0 spiro atoms. The predicted octanol–water partition coefficient (Wildman–Crippen LogP) is 1.00. The number of benzene rings is 1. The maximum absolute atomic E-state index is 11.5. The first-order chi connectivity index (χ1) is 7.66. The number of ether oxygens (including phenoxy) is 1. The van der Waals surface area contributed by atoms with E-state index in [-0.39, 0.29) is 28.2 Å². The molecule has 0 atom stereocenters. The van der Waals surface area contributed by atoms with Gasteiger partial charge in [0.2, 0.25) is 0 Å². The quantitative estimate of drug-likeness (QED) is 0.460. The number of carboxylic acid groups (broad SMARTS) is 1. The molecule has 0 radical (unpaired) electrons. The minimum atomic E-state index is -1.37. The number of carboxylic acids is 1. The van der Waals surface area contributed by atoms with Gasteiger partial charge in [0.25, 0.3) is 0 Å². The fraction of sp³-hybridized carbons (Fsp3) is 0.333. The van der Waals surface area contributed by atoms with Crippen LogP contribution in [0.15, 0.2) is 24.3 Å². The van der Waals surface area contributed by atoms with E-state index in [4.69, 9.17) is 4.74 Å². The average molecular weight is 285 g/mol. The minimum Gasteiger partial charge on any atom is -0.545 e. The standard InChI is InChI=1S/C12H14O4.Cu/c1-2-3-8-16-12(15)10-7-5-4-6-9(10)11(13)14;/h4-7H,2-3,8H2,1H3,(H,13,14);/q;+1/p-1. The molecule has 0 N–H and O–H groups in total. The van der Waals surface area contributed by atoms with Gasteiger partial charge >= 0.3 is 23.0 Å². The van der Waals surface area contributed by atoms with Crippen molar-refractivity contribution in [1.82, 2.24) is 0 Å². The summed E-state index contributed by atoms with van der Waals surface area (Å²) in [5, 5.41) is 10.7. The molecule has 0 saturated heterocycles. The van der Waals surface area contributed by atoms with Gasteiger partial charge in [0.1, 0.15) is 0 Å². The topological polar surface area (TPSA) is 66.4 Å². The van der Waals surface area contributed by atoms with Crippen molar-refractivity contribution in [2.75, 3.05) is 6.61 Å². The summed E-state index contributed by atoms with van der Waals surface area (Å²) in [5.41, 5.74) is -0.0948. The third-order valence-electron chi connectivity index (χ3n) is 2.10. The third-order valence-corrected chi connectivity index (χ3v) is 2.10. The van der Waals surface area contributed by atoms with Gasteiger partial charge in [-0.25, -0.2) is 4.79 Å². The molecule has 0 aliphatic rings. The minimum absolute atomic E-state index is 0. The molecule has 0 heterocycles. The number of rotatable bonds is 5. The summed E-state index contributed by atoms with van der Waals surface area (Å²) < 4.78 is 4.93. The van der Waals surface area contributed by atoms with Crippen LogP contribution >= 0.6 is 0 Å². The van der Waals surface area contributed by atoms with Crippen LogP contribution in [0.2, 0.25) is 0 Å². The fourth-order valence-corrected chi connectivity index (χ4v) is 1.23. The first-order valence-corrected chi connectivity index (χ1v) is 5.14. The third kappa shape index (κ3) is 4.59. The molecule has 0 aliphatic carbocycles. The van der Waals surface area contributed by atoms with Crippen molar-refractivity contribution in [1.29, 1.82) is 0 Å². The van der Waals surface area contributed by atoms with Gasteiger partial charge in [-0.05, 0) is 12.5 Å². The number of carbonyl (C=O) groups excluding carboxylic acids is 2. The Kier molecular flexibility index (Phi) is 7.26. The number of aromatic carboxylic acids is 1. The van der Waals surface area contributed by atoms with E-state index in [1.54, 1.807) is 6.07 Å². The Hall–Kier alpha value is -1.32. The molecule has 96 valence electrons. The molecule has 0 fully saturated rings. The molecule has 5 heteroatoms. The van der Waals surface area contributed by atoms with E-state index in [1.807, 2.05) is 6.92 Å². The van der Waals surface area contributed by atoms with E-state index in [9.17, 15) is 14.7 Å². The fourth-order valence-electron chi connectivity index (χ4n) is 1.23. The summed E-state index contributed by atoms with van der Waals surface area (Å²) in [6.45, 7) is 2.28. The van der Waals surface area contributed by atoms with E-state index in [0.717, 1.165) is 12.8 Å². The number of hydrogen-bond acceptors (Lipinski definition) is 4. The zero-order chi connectivity index (χ0) is 12.0. The molecule has 0 unspecified atom stereocenters. The van der Waals surface area contributed by atoms with Crippen LogP contribution in [-0.4, -0.2) is 18.5 Å². The van der Waals surface area contributed by atoms with Crippen LogP contribution in [-0.2, 0) is 21.8 Å². The molecule has 1 aromatic rings. The normalized spacial score (nSPS) is 9.24. The van der Waals surface area contributed by atoms with Crippen molar-refractivity contribution in [2.45, 2.75) is 19.8 Å². The molecule has 4 nitrogen and oxygen atoms in total. The van der Waals surface area contributed by atoms with Crippen molar-refractivity contribution in [3.63, 3.8) is 0 Å². The summed E-state index contributed by atoms with van der Waals surface area (Å²) in [4.78, 5) is 22.3. The van der Waals surface area contributed by atoms with Gasteiger partial charge in [-0.3, -0.25) is 0 Å². The first kappa shape index (κ1) is 15.7. The van der Waals surface area contributed by atoms with E-state index < -0.39 is 11.9 Å². The van der Waals surface area contributed by atoms with Crippen LogP contribution in [0.25, 0.3) is 0 Å². The van der Waals surface area contributed by atoms with E-state index in [2.05, 4.69) is 0 Å². The molecular formula is C12H13CuO4. The molecule has 0 amide bonds. The summed E-state index contributed by atoms with van der Waals surface area (Å²) >= 11 is 0. The Balaban J connectivity index is 0.00000256. The summed E-state index contributed by atoms with van der Waals surface area (Å²) in [6, 6.07) is 5.86. The SMILES string of the molecule is CCCCOC(=O)c1ccccc1C(=O)[O-].[Cu+]. The summed E-state index contributed by atoms with van der Waals surface area (Å²) in [5.74, 6) is -1.99. The van der Waals surface area contributed by atoms with Crippen LogP contribution in [0.5, 0.6) is 0 Å². The van der Waals surface area contributed by atoms with E-state index in [1.165, 1.54) is 18.2 Å². The first-order valence-electron chi connectivity index (χ1n) is 5.14. The second-order valence-corrected chi connectivity index (χ2v) is 3.32.